The van der Waals surface area contributed by atoms with Gasteiger partial charge in [0.05, 0.1) is 11.3 Å². The molecule has 0 amide bonds. The largest absolute Gasteiger partial charge is 0.475 e. The number of carboxylic acids is 1. The van der Waals surface area contributed by atoms with Gasteiger partial charge in [0.1, 0.15) is 0 Å². The Hall–Kier alpha value is -1.75. The monoisotopic (exact) mass is 235 g/mol. The number of thioether (sulfide) groups is 1. The molecule has 0 aliphatic rings. The van der Waals surface area contributed by atoms with E-state index in [4.69, 9.17) is 9.52 Å². The second-order valence-electron chi connectivity index (χ2n) is 3.04. The van der Waals surface area contributed by atoms with Crippen molar-refractivity contribution in [1.29, 1.82) is 0 Å². The average Bonchev–Trinajstić information content (AvgIpc) is 2.76. The van der Waals surface area contributed by atoms with Crippen LogP contribution in [0.4, 0.5) is 0 Å². The second-order valence-corrected chi connectivity index (χ2v) is 4.03. The maximum atomic E-state index is 10.8. The molecule has 82 valence electrons. The first kappa shape index (κ1) is 10.8. The van der Waals surface area contributed by atoms with E-state index in [1.807, 2.05) is 18.2 Å². The van der Waals surface area contributed by atoms with E-state index in [2.05, 4.69) is 4.98 Å². The number of furan rings is 1. The van der Waals surface area contributed by atoms with Crippen LogP contribution in [0.2, 0.25) is 0 Å². The third-order valence-electron chi connectivity index (χ3n) is 1.95. The molecule has 2 heterocycles. The number of hydrogen-bond donors (Lipinski definition) is 1. The number of pyridine rings is 1. The van der Waals surface area contributed by atoms with Gasteiger partial charge in [-0.15, -0.1) is 11.8 Å². The second kappa shape index (κ2) is 4.85. The molecule has 0 aliphatic carbocycles. The van der Waals surface area contributed by atoms with Crippen molar-refractivity contribution in [3.8, 4) is 0 Å². The highest BCUT2D eigenvalue weighted by atomic mass is 32.2. The van der Waals surface area contributed by atoms with Gasteiger partial charge in [-0.05, 0) is 18.2 Å². The van der Waals surface area contributed by atoms with Crippen LogP contribution in [0.25, 0.3) is 0 Å². The fourth-order valence-electron chi connectivity index (χ4n) is 1.22. The van der Waals surface area contributed by atoms with Crippen LogP contribution >= 0.6 is 11.8 Å². The van der Waals surface area contributed by atoms with Gasteiger partial charge in [-0.25, -0.2) is 9.78 Å². The Labute approximate surface area is 96.3 Å². The van der Waals surface area contributed by atoms with Crippen molar-refractivity contribution in [2.45, 2.75) is 10.8 Å². The normalized spacial score (nSPS) is 10.2. The minimum atomic E-state index is -1.04. The van der Waals surface area contributed by atoms with Gasteiger partial charge < -0.3 is 9.52 Å². The zero-order valence-electron chi connectivity index (χ0n) is 8.29. The molecule has 0 spiro atoms. The number of aromatic carboxylic acids is 1. The van der Waals surface area contributed by atoms with Crippen molar-refractivity contribution in [2.24, 2.45) is 0 Å². The van der Waals surface area contributed by atoms with Gasteiger partial charge in [0.15, 0.2) is 0 Å². The van der Waals surface area contributed by atoms with Gasteiger partial charge in [-0.1, -0.05) is 6.07 Å². The van der Waals surface area contributed by atoms with Crippen molar-refractivity contribution >= 4 is 17.7 Å². The third-order valence-corrected chi connectivity index (χ3v) is 2.95. The van der Waals surface area contributed by atoms with Crippen molar-refractivity contribution in [1.82, 2.24) is 4.98 Å². The molecule has 0 aromatic carbocycles. The van der Waals surface area contributed by atoms with Crippen molar-refractivity contribution < 1.29 is 14.3 Å². The van der Waals surface area contributed by atoms with E-state index in [0.717, 1.165) is 5.03 Å². The number of hydrogen-bond acceptors (Lipinski definition) is 4. The summed E-state index contributed by atoms with van der Waals surface area (Å²) in [6.07, 6.45) is 3.09. The zero-order valence-corrected chi connectivity index (χ0v) is 9.11. The minimum Gasteiger partial charge on any atom is -0.475 e. The van der Waals surface area contributed by atoms with Crippen LogP contribution in [-0.4, -0.2) is 16.1 Å². The molecule has 5 heteroatoms. The summed E-state index contributed by atoms with van der Waals surface area (Å²) in [6.45, 7) is 0. The molecule has 0 saturated carbocycles. The molecule has 0 unspecified atom stereocenters. The van der Waals surface area contributed by atoms with Crippen LogP contribution < -0.4 is 0 Å². The van der Waals surface area contributed by atoms with Crippen LogP contribution in [0, 0.1) is 0 Å². The summed E-state index contributed by atoms with van der Waals surface area (Å²) in [7, 11) is 0. The molecule has 2 rings (SSSR count). The molecule has 0 aliphatic heterocycles. The van der Waals surface area contributed by atoms with Gasteiger partial charge in [0, 0.05) is 17.5 Å². The first-order chi connectivity index (χ1) is 7.77. The highest BCUT2D eigenvalue weighted by Crippen LogP contribution is 2.23. The van der Waals surface area contributed by atoms with Crippen molar-refractivity contribution in [3.05, 3.63) is 48.0 Å². The van der Waals surface area contributed by atoms with E-state index in [1.54, 1.807) is 12.3 Å². The number of nitrogens with zero attached hydrogens (tertiary/aromatic N) is 1. The first-order valence-corrected chi connectivity index (χ1v) is 5.59. The Morgan fingerprint density at radius 2 is 2.31 bits per heavy atom. The molecule has 16 heavy (non-hydrogen) atoms. The Morgan fingerprint density at radius 1 is 1.44 bits per heavy atom. The molecule has 0 radical (unpaired) electrons. The van der Waals surface area contributed by atoms with Gasteiger partial charge in [0.2, 0.25) is 5.76 Å². The SMILES string of the molecule is O=C(O)c1occc1CSc1ccccn1. The lowest BCUT2D eigenvalue weighted by molar-refractivity contribution is 0.0661. The lowest BCUT2D eigenvalue weighted by Gasteiger charge is -1.99. The average molecular weight is 235 g/mol. The molecule has 0 fully saturated rings. The smallest absolute Gasteiger partial charge is 0.372 e. The summed E-state index contributed by atoms with van der Waals surface area (Å²) >= 11 is 1.48. The van der Waals surface area contributed by atoms with E-state index in [9.17, 15) is 4.79 Å². The topological polar surface area (TPSA) is 63.3 Å². The number of aromatic nitrogens is 1. The molecule has 1 N–H and O–H groups in total. The minimum absolute atomic E-state index is 0.00318. The Morgan fingerprint density at radius 3 is 3.00 bits per heavy atom. The lowest BCUT2D eigenvalue weighted by atomic mass is 10.3. The molecule has 2 aromatic heterocycles. The van der Waals surface area contributed by atoms with E-state index in [0.29, 0.717) is 11.3 Å². The zero-order chi connectivity index (χ0) is 11.4. The molecule has 2 aromatic rings. The van der Waals surface area contributed by atoms with Crippen LogP contribution in [0.3, 0.4) is 0 Å². The molecule has 4 nitrogen and oxygen atoms in total. The molecule has 0 atom stereocenters. The summed E-state index contributed by atoms with van der Waals surface area (Å²) < 4.78 is 4.88. The van der Waals surface area contributed by atoms with Crippen LogP contribution in [0.15, 0.2) is 46.2 Å². The van der Waals surface area contributed by atoms with E-state index in [1.165, 1.54) is 18.0 Å². The molecular weight excluding hydrogens is 226 g/mol. The maximum absolute atomic E-state index is 10.8. The number of carbonyl (C=O) groups is 1. The quantitative estimate of drug-likeness (QED) is 0.825. The summed E-state index contributed by atoms with van der Waals surface area (Å²) in [5.41, 5.74) is 0.670. The van der Waals surface area contributed by atoms with Crippen LogP contribution in [0.1, 0.15) is 16.1 Å². The summed E-state index contributed by atoms with van der Waals surface area (Å²) in [6, 6.07) is 7.28. The lowest BCUT2D eigenvalue weighted by Crippen LogP contribution is -1.97. The van der Waals surface area contributed by atoms with Gasteiger partial charge in [-0.2, -0.15) is 0 Å². The van der Waals surface area contributed by atoms with Crippen molar-refractivity contribution in [2.75, 3.05) is 0 Å². The maximum Gasteiger partial charge on any atom is 0.372 e. The summed E-state index contributed by atoms with van der Waals surface area (Å²) in [5.74, 6) is -0.500. The van der Waals surface area contributed by atoms with Crippen molar-refractivity contribution in [3.63, 3.8) is 0 Å². The molecule has 0 bridgehead atoms. The predicted molar refractivity (Wildman–Crippen MR) is 59.5 cm³/mol. The van der Waals surface area contributed by atoms with E-state index < -0.39 is 5.97 Å². The molecule has 0 saturated heterocycles. The van der Waals surface area contributed by atoms with Gasteiger partial charge >= 0.3 is 5.97 Å². The van der Waals surface area contributed by atoms with E-state index in [-0.39, 0.29) is 5.76 Å². The van der Waals surface area contributed by atoms with Gasteiger partial charge in [0.25, 0.3) is 0 Å². The highest BCUT2D eigenvalue weighted by Gasteiger charge is 2.13. The van der Waals surface area contributed by atoms with Gasteiger partial charge in [-0.3, -0.25) is 0 Å². The Balaban J connectivity index is 2.05. The standard InChI is InChI=1S/C11H9NO3S/c13-11(14)10-8(4-6-15-10)7-16-9-3-1-2-5-12-9/h1-6H,7H2,(H,13,14). The first-order valence-electron chi connectivity index (χ1n) is 4.61. The fraction of sp³-hybridized carbons (Fsp3) is 0.0909. The highest BCUT2D eigenvalue weighted by molar-refractivity contribution is 7.98. The molecular formula is C11H9NO3S. The summed E-state index contributed by atoms with van der Waals surface area (Å²) in [4.78, 5) is 14.9. The Kier molecular flexibility index (Phi) is 3.26. The number of rotatable bonds is 4. The number of carboxylic acid groups (broad SMARTS) is 1. The predicted octanol–water partition coefficient (Wildman–Crippen LogP) is 2.67. The fourth-order valence-corrected chi connectivity index (χ4v) is 2.06. The van der Waals surface area contributed by atoms with Crippen LogP contribution in [-0.2, 0) is 5.75 Å². The third kappa shape index (κ3) is 2.43. The van der Waals surface area contributed by atoms with E-state index >= 15 is 0 Å². The Bertz CT molecular complexity index is 481. The summed E-state index contributed by atoms with van der Waals surface area (Å²) in [5, 5.41) is 9.69. The van der Waals surface area contributed by atoms with Crippen LogP contribution in [0.5, 0.6) is 0 Å².